The van der Waals surface area contributed by atoms with Gasteiger partial charge in [0.15, 0.2) is 6.61 Å². The van der Waals surface area contributed by atoms with Gasteiger partial charge in [0.25, 0.3) is 5.91 Å². The molecule has 0 spiro atoms. The molecule has 30 heavy (non-hydrogen) atoms. The van der Waals surface area contributed by atoms with Crippen LogP contribution in [0.2, 0.25) is 0 Å². The Morgan fingerprint density at radius 2 is 1.93 bits per heavy atom. The van der Waals surface area contributed by atoms with Crippen molar-refractivity contribution in [1.82, 2.24) is 9.62 Å². The van der Waals surface area contributed by atoms with E-state index in [1.165, 1.54) is 0 Å². The van der Waals surface area contributed by atoms with Gasteiger partial charge in [0.05, 0.1) is 16.2 Å². The van der Waals surface area contributed by atoms with E-state index in [9.17, 15) is 26.4 Å². The number of benzene rings is 1. The first-order valence-corrected chi connectivity index (χ1v) is 11.1. The first kappa shape index (κ1) is 24.1. The molecule has 1 aliphatic heterocycles. The molecule has 0 atom stereocenters. The Morgan fingerprint density at radius 3 is 2.53 bits per heavy atom. The number of piperidine rings is 1. The lowest BCUT2D eigenvalue weighted by Crippen LogP contribution is -2.38. The first-order valence-electron chi connectivity index (χ1n) is 9.62. The minimum atomic E-state index is -4.62. The molecule has 1 N–H and O–H groups in total. The van der Waals surface area contributed by atoms with E-state index in [4.69, 9.17) is 4.84 Å². The number of alkyl halides is 3. The van der Waals surface area contributed by atoms with Crippen LogP contribution in [0.5, 0.6) is 0 Å². The predicted octanol–water partition coefficient (Wildman–Crippen LogP) is 3.02. The summed E-state index contributed by atoms with van der Waals surface area (Å²) in [6, 6.07) is 3.69. The molecule has 7 nitrogen and oxygen atoms in total. The Balaban J connectivity index is 1.87. The molecular weight excluding hydrogens is 423 g/mol. The number of nitrogens with one attached hydrogen (secondary N) is 1. The number of nitrogens with zero attached hydrogens (tertiary/aromatic N) is 2. The summed E-state index contributed by atoms with van der Waals surface area (Å²) >= 11 is 0. The number of carbonyl (C=O) groups excluding carboxylic acids is 1. The minimum Gasteiger partial charge on any atom is -0.386 e. The summed E-state index contributed by atoms with van der Waals surface area (Å²) in [7, 11) is -4.05. The lowest BCUT2D eigenvalue weighted by Gasteiger charge is -2.26. The van der Waals surface area contributed by atoms with Crippen LogP contribution in [-0.2, 0) is 25.8 Å². The van der Waals surface area contributed by atoms with Crippen LogP contribution in [0.3, 0.4) is 0 Å². The number of hydrogen-bond donors (Lipinski definition) is 1. The topological polar surface area (TPSA) is 88.1 Å². The monoisotopic (exact) mass is 449 g/mol. The van der Waals surface area contributed by atoms with E-state index < -0.39 is 26.7 Å². The lowest BCUT2D eigenvalue weighted by atomic mass is 10.1. The summed E-state index contributed by atoms with van der Waals surface area (Å²) in [4.78, 5) is 16.3. The summed E-state index contributed by atoms with van der Waals surface area (Å²) < 4.78 is 65.0. The van der Waals surface area contributed by atoms with Crippen molar-refractivity contribution in [2.75, 3.05) is 26.2 Å². The third-order valence-corrected chi connectivity index (χ3v) is 6.43. The molecule has 0 bridgehead atoms. The molecule has 0 aromatic heterocycles. The summed E-state index contributed by atoms with van der Waals surface area (Å²) in [5.41, 5.74) is -0.414. The molecule has 1 saturated heterocycles. The average Bonchev–Trinajstić information content (AvgIpc) is 2.67. The molecule has 0 unspecified atom stereocenters. The van der Waals surface area contributed by atoms with Crippen LogP contribution in [0, 0.1) is 5.92 Å². The highest BCUT2D eigenvalue weighted by Crippen LogP contribution is 2.31. The van der Waals surface area contributed by atoms with Crippen molar-refractivity contribution in [3.05, 3.63) is 29.8 Å². The molecular formula is C19H26F3N3O4S. The van der Waals surface area contributed by atoms with E-state index in [-0.39, 0.29) is 38.4 Å². The third kappa shape index (κ3) is 6.98. The van der Waals surface area contributed by atoms with Gasteiger partial charge in [-0.1, -0.05) is 25.1 Å². The van der Waals surface area contributed by atoms with Crippen molar-refractivity contribution >= 4 is 21.6 Å². The maximum atomic E-state index is 12.9. The van der Waals surface area contributed by atoms with Crippen molar-refractivity contribution in [2.24, 2.45) is 11.1 Å². The number of sulfonamides is 1. The van der Waals surface area contributed by atoms with Gasteiger partial charge in [-0.05, 0) is 30.5 Å². The van der Waals surface area contributed by atoms with Crippen molar-refractivity contribution in [3.63, 3.8) is 0 Å². The quantitative estimate of drug-likeness (QED) is 0.618. The van der Waals surface area contributed by atoms with Gasteiger partial charge < -0.3 is 10.2 Å². The van der Waals surface area contributed by atoms with Gasteiger partial charge in [0, 0.05) is 32.5 Å². The molecule has 1 fully saturated rings. The Hall–Kier alpha value is -2.14. The average molecular weight is 449 g/mol. The van der Waals surface area contributed by atoms with Crippen LogP contribution < -0.4 is 5.32 Å². The van der Waals surface area contributed by atoms with E-state index in [0.29, 0.717) is 24.2 Å². The molecule has 0 aliphatic carbocycles. The van der Waals surface area contributed by atoms with Gasteiger partial charge in [-0.15, -0.1) is 0 Å². The predicted molar refractivity (Wildman–Crippen MR) is 105 cm³/mol. The maximum Gasteiger partial charge on any atom is 0.416 e. The smallest absolute Gasteiger partial charge is 0.386 e. The van der Waals surface area contributed by atoms with Crippen LogP contribution >= 0.6 is 0 Å². The van der Waals surface area contributed by atoms with E-state index in [1.807, 2.05) is 13.8 Å². The zero-order valence-electron chi connectivity index (χ0n) is 16.9. The number of rotatable bonds is 8. The molecule has 1 heterocycles. The van der Waals surface area contributed by atoms with E-state index in [1.54, 1.807) is 0 Å². The molecule has 1 aliphatic rings. The molecule has 2 rings (SSSR count). The zero-order valence-corrected chi connectivity index (χ0v) is 17.7. The second-order valence-corrected chi connectivity index (χ2v) is 9.33. The second-order valence-electron chi connectivity index (χ2n) is 7.39. The lowest BCUT2D eigenvalue weighted by molar-refractivity contribution is -0.137. The molecule has 1 amide bonds. The molecule has 1 aromatic rings. The van der Waals surface area contributed by atoms with Gasteiger partial charge in [0.2, 0.25) is 10.0 Å². The van der Waals surface area contributed by atoms with Gasteiger partial charge in [-0.2, -0.15) is 17.5 Å². The SMILES string of the molecule is CC(C)CCNC(=O)CON=C1CCN(S(=O)(=O)c2cccc(C(F)(F)F)c2)CC1. The van der Waals surface area contributed by atoms with E-state index in [2.05, 4.69) is 10.5 Å². The first-order chi connectivity index (χ1) is 14.0. The van der Waals surface area contributed by atoms with Gasteiger partial charge in [-0.3, -0.25) is 4.79 Å². The molecule has 168 valence electrons. The Bertz CT molecular complexity index is 860. The highest BCUT2D eigenvalue weighted by Gasteiger charge is 2.33. The van der Waals surface area contributed by atoms with Crippen molar-refractivity contribution in [1.29, 1.82) is 0 Å². The van der Waals surface area contributed by atoms with Crippen LogP contribution in [0.1, 0.15) is 38.7 Å². The maximum absolute atomic E-state index is 12.9. The zero-order chi connectivity index (χ0) is 22.4. The normalized spacial score (nSPS) is 15.9. The fourth-order valence-corrected chi connectivity index (χ4v) is 4.28. The van der Waals surface area contributed by atoms with Crippen LogP contribution in [0.25, 0.3) is 0 Å². The molecule has 0 saturated carbocycles. The fraction of sp³-hybridized carbons (Fsp3) is 0.579. The number of carbonyl (C=O) groups is 1. The summed E-state index contributed by atoms with van der Waals surface area (Å²) in [5.74, 6) is 0.188. The Morgan fingerprint density at radius 1 is 1.27 bits per heavy atom. The number of amides is 1. The number of oxime groups is 1. The van der Waals surface area contributed by atoms with Gasteiger partial charge in [-0.25, -0.2) is 8.42 Å². The Labute approximate surface area is 174 Å². The second kappa shape index (κ2) is 10.3. The summed E-state index contributed by atoms with van der Waals surface area (Å²) in [6.07, 6.45) is -3.22. The third-order valence-electron chi connectivity index (χ3n) is 4.53. The number of halogens is 3. The van der Waals surface area contributed by atoms with Crippen LogP contribution in [-0.4, -0.2) is 50.6 Å². The van der Waals surface area contributed by atoms with Crippen molar-refractivity contribution < 1.29 is 31.2 Å². The molecule has 0 radical (unpaired) electrons. The van der Waals surface area contributed by atoms with E-state index in [0.717, 1.165) is 28.9 Å². The molecule has 1 aromatic carbocycles. The minimum absolute atomic E-state index is 0.0708. The van der Waals surface area contributed by atoms with Crippen LogP contribution in [0.15, 0.2) is 34.3 Å². The summed E-state index contributed by atoms with van der Waals surface area (Å²) in [5, 5.41) is 6.60. The number of hydrogen-bond acceptors (Lipinski definition) is 5. The van der Waals surface area contributed by atoms with Crippen molar-refractivity contribution in [2.45, 2.75) is 44.2 Å². The van der Waals surface area contributed by atoms with Gasteiger partial charge in [0.1, 0.15) is 0 Å². The fourth-order valence-electron chi connectivity index (χ4n) is 2.79. The summed E-state index contributed by atoms with van der Waals surface area (Å²) in [6.45, 7) is 4.57. The van der Waals surface area contributed by atoms with Gasteiger partial charge >= 0.3 is 6.18 Å². The highest BCUT2D eigenvalue weighted by molar-refractivity contribution is 7.89. The van der Waals surface area contributed by atoms with Crippen LogP contribution in [0.4, 0.5) is 13.2 Å². The largest absolute Gasteiger partial charge is 0.416 e. The molecule has 11 heteroatoms. The van der Waals surface area contributed by atoms with E-state index >= 15 is 0 Å². The highest BCUT2D eigenvalue weighted by atomic mass is 32.2. The standard InChI is InChI=1S/C19H26F3N3O4S/c1-14(2)6-9-23-18(26)13-29-24-16-7-10-25(11-8-16)30(27,28)17-5-3-4-15(12-17)19(20,21)22/h3-5,12,14H,6-11,13H2,1-2H3,(H,23,26). The Kier molecular flexibility index (Phi) is 8.25. The van der Waals surface area contributed by atoms with Crippen molar-refractivity contribution in [3.8, 4) is 0 Å².